The first-order valence-electron chi connectivity index (χ1n) is 9.70. The predicted molar refractivity (Wildman–Crippen MR) is 110 cm³/mol. The molecule has 9 heteroatoms. The number of esters is 1. The number of carbonyl (C=O) groups excluding carboxylic acids is 4. The van der Waals surface area contributed by atoms with Crippen LogP contribution in [0, 0.1) is 0 Å². The van der Waals surface area contributed by atoms with Gasteiger partial charge in [-0.2, -0.15) is 0 Å². The number of alkyl carbamates (subject to hydrolysis) is 1. The summed E-state index contributed by atoms with van der Waals surface area (Å²) in [5.41, 5.74) is 0.134. The lowest BCUT2D eigenvalue weighted by Crippen LogP contribution is -2.54. The summed E-state index contributed by atoms with van der Waals surface area (Å²) in [4.78, 5) is 48.2. The van der Waals surface area contributed by atoms with Gasteiger partial charge in [0, 0.05) is 0 Å². The molecule has 30 heavy (non-hydrogen) atoms. The second kappa shape index (κ2) is 11.2. The van der Waals surface area contributed by atoms with Crippen LogP contribution in [0.3, 0.4) is 0 Å². The molecule has 0 aromatic heterocycles. The predicted octanol–water partition coefficient (Wildman–Crippen LogP) is 1.65. The highest BCUT2D eigenvalue weighted by molar-refractivity contribution is 5.92. The molecule has 9 nitrogen and oxygen atoms in total. The van der Waals surface area contributed by atoms with E-state index in [9.17, 15) is 19.2 Å². The van der Waals surface area contributed by atoms with Gasteiger partial charge in [0.25, 0.3) is 0 Å². The second-order valence-electron chi connectivity index (χ2n) is 7.92. The Hall–Kier alpha value is -3.10. The van der Waals surface area contributed by atoms with Crippen LogP contribution in [0.15, 0.2) is 30.3 Å². The lowest BCUT2D eigenvalue weighted by atomic mass is 10.2. The van der Waals surface area contributed by atoms with Gasteiger partial charge < -0.3 is 25.4 Å². The molecule has 3 N–H and O–H groups in total. The van der Waals surface area contributed by atoms with E-state index >= 15 is 0 Å². The number of ether oxygens (including phenoxy) is 2. The van der Waals surface area contributed by atoms with Crippen LogP contribution in [0.25, 0.3) is 0 Å². The van der Waals surface area contributed by atoms with Crippen molar-refractivity contribution in [3.63, 3.8) is 0 Å². The zero-order valence-corrected chi connectivity index (χ0v) is 18.3. The van der Waals surface area contributed by atoms with Crippen LogP contribution >= 0.6 is 0 Å². The van der Waals surface area contributed by atoms with Gasteiger partial charge in [0.05, 0.1) is 0 Å². The topological polar surface area (TPSA) is 123 Å². The van der Waals surface area contributed by atoms with Gasteiger partial charge in [-0.1, -0.05) is 30.3 Å². The molecule has 0 saturated carbocycles. The Bertz CT molecular complexity index is 745. The second-order valence-corrected chi connectivity index (χ2v) is 7.92. The van der Waals surface area contributed by atoms with Gasteiger partial charge in [0.15, 0.2) is 0 Å². The molecule has 0 aliphatic heterocycles. The molecular formula is C21H31N3O6. The average Bonchev–Trinajstić information content (AvgIpc) is 2.64. The first-order chi connectivity index (χ1) is 13.9. The highest BCUT2D eigenvalue weighted by atomic mass is 16.6. The molecule has 0 aliphatic carbocycles. The van der Waals surface area contributed by atoms with Crippen LogP contribution < -0.4 is 16.0 Å². The zero-order chi connectivity index (χ0) is 22.9. The molecule has 3 atom stereocenters. The molecule has 0 spiro atoms. The molecule has 1 aromatic carbocycles. The van der Waals surface area contributed by atoms with E-state index in [0.717, 1.165) is 5.56 Å². The monoisotopic (exact) mass is 421 g/mol. The summed E-state index contributed by atoms with van der Waals surface area (Å²) in [6, 6.07) is 6.43. The van der Waals surface area contributed by atoms with Crippen molar-refractivity contribution in [3.8, 4) is 0 Å². The first kappa shape index (κ1) is 24.9. The summed E-state index contributed by atoms with van der Waals surface area (Å²) < 4.78 is 10.3. The smallest absolute Gasteiger partial charge is 0.408 e. The van der Waals surface area contributed by atoms with Gasteiger partial charge in [-0.3, -0.25) is 9.59 Å². The maximum Gasteiger partial charge on any atom is 0.408 e. The third-order valence-corrected chi connectivity index (χ3v) is 3.81. The van der Waals surface area contributed by atoms with Crippen molar-refractivity contribution >= 4 is 23.9 Å². The van der Waals surface area contributed by atoms with Crippen molar-refractivity contribution in [2.75, 3.05) is 0 Å². The Morgan fingerprint density at radius 3 is 1.87 bits per heavy atom. The lowest BCUT2D eigenvalue weighted by molar-refractivity contribution is -0.148. The van der Waals surface area contributed by atoms with E-state index in [2.05, 4.69) is 16.0 Å². The Labute approximate surface area is 176 Å². The van der Waals surface area contributed by atoms with Crippen molar-refractivity contribution in [3.05, 3.63) is 35.9 Å². The van der Waals surface area contributed by atoms with E-state index in [4.69, 9.17) is 9.47 Å². The van der Waals surface area contributed by atoms with Gasteiger partial charge in [0.1, 0.15) is 30.3 Å². The summed E-state index contributed by atoms with van der Waals surface area (Å²) in [6.45, 7) is 9.64. The van der Waals surface area contributed by atoms with E-state index in [1.54, 1.807) is 20.8 Å². The molecule has 0 saturated heterocycles. The molecular weight excluding hydrogens is 390 g/mol. The molecule has 1 aromatic rings. The van der Waals surface area contributed by atoms with E-state index in [-0.39, 0.29) is 6.61 Å². The molecule has 0 bridgehead atoms. The number of amides is 3. The third kappa shape index (κ3) is 9.40. The number of rotatable bonds is 8. The number of hydrogen-bond donors (Lipinski definition) is 3. The fourth-order valence-electron chi connectivity index (χ4n) is 2.20. The van der Waals surface area contributed by atoms with Gasteiger partial charge >= 0.3 is 12.1 Å². The molecule has 0 radical (unpaired) electrons. The van der Waals surface area contributed by atoms with Crippen molar-refractivity contribution in [2.24, 2.45) is 0 Å². The number of benzene rings is 1. The first-order valence-corrected chi connectivity index (χ1v) is 9.70. The molecule has 1 rings (SSSR count). The summed E-state index contributed by atoms with van der Waals surface area (Å²) in [6.07, 6.45) is -0.739. The quantitative estimate of drug-likeness (QED) is 0.549. The van der Waals surface area contributed by atoms with E-state index in [1.807, 2.05) is 30.3 Å². The molecule has 0 heterocycles. The zero-order valence-electron chi connectivity index (χ0n) is 18.3. The SMILES string of the molecule is C[C@H](NC(=O)[C@@H](C)NC(=O)OC(C)(C)C)C(=O)N[C@H](C)C(=O)OCc1ccccc1. The van der Waals surface area contributed by atoms with Crippen molar-refractivity contribution in [1.29, 1.82) is 0 Å². The van der Waals surface area contributed by atoms with Crippen molar-refractivity contribution < 1.29 is 28.7 Å². The summed E-state index contributed by atoms with van der Waals surface area (Å²) >= 11 is 0. The normalized spacial score (nSPS) is 13.9. The van der Waals surface area contributed by atoms with Crippen LogP contribution in [0.2, 0.25) is 0 Å². The van der Waals surface area contributed by atoms with Gasteiger partial charge in [-0.25, -0.2) is 9.59 Å². The van der Waals surface area contributed by atoms with E-state index in [1.165, 1.54) is 20.8 Å². The van der Waals surface area contributed by atoms with E-state index in [0.29, 0.717) is 0 Å². The van der Waals surface area contributed by atoms with Crippen molar-refractivity contribution in [2.45, 2.75) is 71.9 Å². The summed E-state index contributed by atoms with van der Waals surface area (Å²) in [7, 11) is 0. The van der Waals surface area contributed by atoms with E-state index < -0.39 is 47.6 Å². The minimum atomic E-state index is -0.926. The molecule has 0 aliphatic rings. The van der Waals surface area contributed by atoms with Crippen LogP contribution in [0.1, 0.15) is 47.1 Å². The van der Waals surface area contributed by atoms with Gasteiger partial charge in [-0.05, 0) is 47.1 Å². The van der Waals surface area contributed by atoms with Crippen molar-refractivity contribution in [1.82, 2.24) is 16.0 Å². The van der Waals surface area contributed by atoms with Crippen LogP contribution in [0.5, 0.6) is 0 Å². The Kier molecular flexibility index (Phi) is 9.29. The number of nitrogens with one attached hydrogen (secondary N) is 3. The molecule has 3 amide bonds. The average molecular weight is 421 g/mol. The third-order valence-electron chi connectivity index (χ3n) is 3.81. The lowest BCUT2D eigenvalue weighted by Gasteiger charge is -2.23. The fraction of sp³-hybridized carbons (Fsp3) is 0.524. The Balaban J connectivity index is 2.44. The maximum absolute atomic E-state index is 12.3. The van der Waals surface area contributed by atoms with Crippen LogP contribution in [0.4, 0.5) is 4.79 Å². The highest BCUT2D eigenvalue weighted by Gasteiger charge is 2.25. The van der Waals surface area contributed by atoms with Gasteiger partial charge in [0.2, 0.25) is 11.8 Å². The number of hydrogen-bond acceptors (Lipinski definition) is 6. The van der Waals surface area contributed by atoms with Gasteiger partial charge in [-0.15, -0.1) is 0 Å². The summed E-state index contributed by atoms with van der Waals surface area (Å²) in [5, 5.41) is 7.36. The fourth-order valence-corrected chi connectivity index (χ4v) is 2.20. The maximum atomic E-state index is 12.3. The van der Waals surface area contributed by atoms with Crippen LogP contribution in [-0.4, -0.2) is 47.6 Å². The standard InChI is InChI=1S/C21H31N3O6/c1-13(22-18(26)14(2)24-20(28)30-21(4,5)6)17(25)23-15(3)19(27)29-12-16-10-8-7-9-11-16/h7-11,13-15H,12H2,1-6H3,(H,22,26)(H,23,25)(H,24,28)/t13-,14+,15+/m0/s1. The molecule has 0 unspecified atom stereocenters. The minimum absolute atomic E-state index is 0.0972. The van der Waals surface area contributed by atoms with Crippen LogP contribution in [-0.2, 0) is 30.5 Å². The minimum Gasteiger partial charge on any atom is -0.459 e. The Morgan fingerprint density at radius 1 is 0.833 bits per heavy atom. The number of carbonyl (C=O) groups is 4. The molecule has 166 valence electrons. The largest absolute Gasteiger partial charge is 0.459 e. The summed E-state index contributed by atoms with van der Waals surface area (Å²) in [5.74, 6) is -1.72. The Morgan fingerprint density at radius 2 is 1.33 bits per heavy atom. The molecule has 0 fully saturated rings. The highest BCUT2D eigenvalue weighted by Crippen LogP contribution is 2.07.